The summed E-state index contributed by atoms with van der Waals surface area (Å²) >= 11 is 5.82. The van der Waals surface area contributed by atoms with Crippen molar-refractivity contribution in [2.75, 3.05) is 20.0 Å². The van der Waals surface area contributed by atoms with Crippen LogP contribution in [0.15, 0.2) is 48.7 Å². The molecule has 0 unspecified atom stereocenters. The Hall–Kier alpha value is -3.19. The Morgan fingerprint density at radius 3 is 2.41 bits per heavy atom. The number of hydrogen-bond acceptors (Lipinski definition) is 7. The molecule has 0 saturated carbocycles. The molecule has 0 aliphatic carbocycles. The zero-order valence-corrected chi connectivity index (χ0v) is 15.6. The quantitative estimate of drug-likeness (QED) is 0.652. The van der Waals surface area contributed by atoms with E-state index >= 15 is 0 Å². The first-order valence-electron chi connectivity index (χ1n) is 7.98. The topological polar surface area (TPSA) is 88.7 Å². The third kappa shape index (κ3) is 4.71. The molecule has 3 rings (SSSR count). The summed E-state index contributed by atoms with van der Waals surface area (Å²) in [4.78, 5) is 7.91. The molecule has 0 amide bonds. The Kier molecular flexibility index (Phi) is 5.83. The fourth-order valence-electron chi connectivity index (χ4n) is 2.26. The first-order valence-corrected chi connectivity index (χ1v) is 8.36. The molecule has 0 aliphatic rings. The van der Waals surface area contributed by atoms with Crippen LogP contribution in [0.4, 0.5) is 5.82 Å². The third-order valence-corrected chi connectivity index (χ3v) is 3.82. The normalized spacial score (nSPS) is 10.3. The third-order valence-electron chi connectivity index (χ3n) is 3.64. The summed E-state index contributed by atoms with van der Waals surface area (Å²) < 4.78 is 22.0. The molecule has 8 heteroatoms. The second-order valence-corrected chi connectivity index (χ2v) is 5.82. The van der Waals surface area contributed by atoms with Crippen LogP contribution in [0.5, 0.6) is 28.9 Å². The van der Waals surface area contributed by atoms with E-state index in [-0.39, 0.29) is 16.9 Å². The summed E-state index contributed by atoms with van der Waals surface area (Å²) in [6.07, 6.45) is 1.35. The molecule has 0 aliphatic heterocycles. The van der Waals surface area contributed by atoms with Crippen LogP contribution in [0.3, 0.4) is 0 Å². The summed E-state index contributed by atoms with van der Waals surface area (Å²) in [5.41, 5.74) is 6.75. The molecule has 0 spiro atoms. The predicted molar refractivity (Wildman–Crippen MR) is 102 cm³/mol. The second kappa shape index (κ2) is 8.46. The van der Waals surface area contributed by atoms with E-state index in [0.29, 0.717) is 23.9 Å². The lowest BCUT2D eigenvalue weighted by Crippen LogP contribution is -2.00. The van der Waals surface area contributed by atoms with Crippen molar-refractivity contribution in [3.05, 3.63) is 59.4 Å². The molecule has 0 fully saturated rings. The highest BCUT2D eigenvalue weighted by Crippen LogP contribution is 2.34. The molecule has 1 heterocycles. The number of halogens is 1. The molecule has 1 aromatic heterocycles. The van der Waals surface area contributed by atoms with Crippen molar-refractivity contribution in [2.24, 2.45) is 0 Å². The number of anilines is 1. The fourth-order valence-corrected chi connectivity index (χ4v) is 2.39. The molecular weight excluding hydrogens is 370 g/mol. The zero-order valence-electron chi connectivity index (χ0n) is 14.8. The number of ether oxygens (including phenoxy) is 4. The first-order chi connectivity index (χ1) is 13.1. The molecule has 2 aromatic carbocycles. The van der Waals surface area contributed by atoms with Crippen molar-refractivity contribution in [1.29, 1.82) is 0 Å². The maximum absolute atomic E-state index is 5.84. The van der Waals surface area contributed by atoms with Crippen molar-refractivity contribution in [2.45, 2.75) is 6.61 Å². The zero-order chi connectivity index (χ0) is 19.2. The average molecular weight is 388 g/mol. The van der Waals surface area contributed by atoms with Gasteiger partial charge in [-0.25, -0.2) is 4.98 Å². The van der Waals surface area contributed by atoms with E-state index in [1.165, 1.54) is 6.20 Å². The number of benzene rings is 2. The van der Waals surface area contributed by atoms with E-state index in [1.54, 1.807) is 32.4 Å². The van der Waals surface area contributed by atoms with Gasteiger partial charge in [-0.1, -0.05) is 23.7 Å². The molecule has 0 radical (unpaired) electrons. The van der Waals surface area contributed by atoms with Gasteiger partial charge >= 0.3 is 0 Å². The average Bonchev–Trinajstić information content (AvgIpc) is 2.70. The van der Waals surface area contributed by atoms with Crippen LogP contribution in [0, 0.1) is 0 Å². The summed E-state index contributed by atoms with van der Waals surface area (Å²) in [7, 11) is 3.18. The number of rotatable bonds is 7. The van der Waals surface area contributed by atoms with Crippen LogP contribution in [0.2, 0.25) is 5.15 Å². The molecule has 27 heavy (non-hydrogen) atoms. The Morgan fingerprint density at radius 1 is 0.963 bits per heavy atom. The number of nitrogens with two attached hydrogens (primary N) is 1. The second-order valence-electron chi connectivity index (χ2n) is 5.43. The SMILES string of the molecule is COc1ccc(COc2ccc(Oc3nc(Cl)cnc3N)cc2OC)cc1. The lowest BCUT2D eigenvalue weighted by Gasteiger charge is -2.13. The minimum Gasteiger partial charge on any atom is -0.497 e. The molecule has 7 nitrogen and oxygen atoms in total. The highest BCUT2D eigenvalue weighted by Gasteiger charge is 2.11. The molecule has 0 saturated heterocycles. The predicted octanol–water partition coefficient (Wildman–Crippen LogP) is 4.10. The number of nitrogen functional groups attached to an aromatic ring is 1. The number of hydrogen-bond donors (Lipinski definition) is 1. The van der Waals surface area contributed by atoms with E-state index in [2.05, 4.69) is 9.97 Å². The van der Waals surface area contributed by atoms with E-state index in [1.807, 2.05) is 24.3 Å². The maximum Gasteiger partial charge on any atom is 0.264 e. The summed E-state index contributed by atoms with van der Waals surface area (Å²) in [5, 5.41) is 0.186. The van der Waals surface area contributed by atoms with Crippen LogP contribution in [0.1, 0.15) is 5.56 Å². The molecule has 3 aromatic rings. The fraction of sp³-hybridized carbons (Fsp3) is 0.158. The van der Waals surface area contributed by atoms with Crippen molar-refractivity contribution >= 4 is 17.4 Å². The maximum atomic E-state index is 5.84. The van der Waals surface area contributed by atoms with E-state index < -0.39 is 0 Å². The number of aromatic nitrogens is 2. The lowest BCUT2D eigenvalue weighted by molar-refractivity contribution is 0.283. The molecule has 0 atom stereocenters. The van der Waals surface area contributed by atoms with Gasteiger partial charge in [0.25, 0.3) is 5.88 Å². The Morgan fingerprint density at radius 2 is 1.70 bits per heavy atom. The van der Waals surface area contributed by atoms with E-state index in [4.69, 9.17) is 36.3 Å². The van der Waals surface area contributed by atoms with Crippen molar-refractivity contribution in [3.8, 4) is 28.9 Å². The molecule has 140 valence electrons. The van der Waals surface area contributed by atoms with E-state index in [9.17, 15) is 0 Å². The van der Waals surface area contributed by atoms with Crippen LogP contribution < -0.4 is 24.7 Å². The van der Waals surface area contributed by atoms with E-state index in [0.717, 1.165) is 11.3 Å². The van der Waals surface area contributed by atoms with Crippen molar-refractivity contribution in [3.63, 3.8) is 0 Å². The molecule has 0 bridgehead atoms. The van der Waals surface area contributed by atoms with Gasteiger partial charge in [0.1, 0.15) is 18.1 Å². The van der Waals surface area contributed by atoms with Gasteiger partial charge in [-0.05, 0) is 29.8 Å². The lowest BCUT2D eigenvalue weighted by atomic mass is 10.2. The van der Waals surface area contributed by atoms with Crippen molar-refractivity contribution in [1.82, 2.24) is 9.97 Å². The van der Waals surface area contributed by atoms with Crippen LogP contribution in [-0.4, -0.2) is 24.2 Å². The van der Waals surface area contributed by atoms with Gasteiger partial charge < -0.3 is 24.7 Å². The first kappa shape index (κ1) is 18.6. The van der Waals surface area contributed by atoms with Crippen molar-refractivity contribution < 1.29 is 18.9 Å². The van der Waals surface area contributed by atoms with Gasteiger partial charge in [0.05, 0.1) is 20.4 Å². The van der Waals surface area contributed by atoms with Crippen LogP contribution in [0.25, 0.3) is 0 Å². The standard InChI is InChI=1S/C19H18ClN3O4/c1-24-13-5-3-12(4-6-13)11-26-15-8-7-14(9-16(15)25-2)27-19-18(21)22-10-17(20)23-19/h3-10H,11H2,1-2H3,(H2,21,22). The van der Waals surface area contributed by atoms with Gasteiger partial charge in [-0.3, -0.25) is 0 Å². The molecule has 2 N–H and O–H groups in total. The summed E-state index contributed by atoms with van der Waals surface area (Å²) in [6, 6.07) is 12.8. The number of nitrogens with zero attached hydrogens (tertiary/aromatic N) is 2. The van der Waals surface area contributed by atoms with Gasteiger partial charge in [-0.2, -0.15) is 4.98 Å². The van der Waals surface area contributed by atoms with Crippen LogP contribution in [-0.2, 0) is 6.61 Å². The van der Waals surface area contributed by atoms with Gasteiger partial charge in [-0.15, -0.1) is 0 Å². The smallest absolute Gasteiger partial charge is 0.264 e. The highest BCUT2D eigenvalue weighted by molar-refractivity contribution is 6.29. The summed E-state index contributed by atoms with van der Waals surface area (Å²) in [5.74, 6) is 2.60. The Bertz CT molecular complexity index is 919. The summed E-state index contributed by atoms with van der Waals surface area (Å²) in [6.45, 7) is 0.382. The Balaban J connectivity index is 1.72. The number of methoxy groups -OCH3 is 2. The minimum atomic E-state index is 0.122. The van der Waals surface area contributed by atoms with Crippen LogP contribution >= 0.6 is 11.6 Å². The highest BCUT2D eigenvalue weighted by atomic mass is 35.5. The minimum absolute atomic E-state index is 0.122. The van der Waals surface area contributed by atoms with Gasteiger partial charge in [0.2, 0.25) is 0 Å². The van der Waals surface area contributed by atoms with Gasteiger partial charge in [0, 0.05) is 6.07 Å². The Labute approximate surface area is 161 Å². The monoisotopic (exact) mass is 387 g/mol. The largest absolute Gasteiger partial charge is 0.497 e. The van der Waals surface area contributed by atoms with Gasteiger partial charge in [0.15, 0.2) is 22.5 Å². The molecular formula is C19H18ClN3O4.